The molecule has 0 unspecified atom stereocenters. The van der Waals surface area contributed by atoms with Gasteiger partial charge in [0.05, 0.1) is 6.54 Å². The van der Waals surface area contributed by atoms with Crippen molar-refractivity contribution in [2.45, 2.75) is 13.5 Å². The maximum Gasteiger partial charge on any atom is 0.250 e. The molecular formula is C10H9BrN2OS. The first-order chi connectivity index (χ1) is 7.15. The fourth-order valence-electron chi connectivity index (χ4n) is 1.25. The van der Waals surface area contributed by atoms with Crippen LogP contribution in [0, 0.1) is 6.92 Å². The summed E-state index contributed by atoms with van der Waals surface area (Å²) in [5.74, 6) is 0. The van der Waals surface area contributed by atoms with Gasteiger partial charge < -0.3 is 4.57 Å². The molecule has 3 nitrogen and oxygen atoms in total. The zero-order chi connectivity index (χ0) is 10.8. The third-order valence-corrected chi connectivity index (χ3v) is 3.34. The molecule has 2 aromatic heterocycles. The number of rotatable bonds is 2. The summed E-state index contributed by atoms with van der Waals surface area (Å²) >= 11 is 4.91. The van der Waals surface area contributed by atoms with Crippen LogP contribution in [0.1, 0.15) is 10.7 Å². The van der Waals surface area contributed by atoms with E-state index in [2.05, 4.69) is 20.9 Å². The van der Waals surface area contributed by atoms with Crippen molar-refractivity contribution in [1.29, 1.82) is 0 Å². The second-order valence-electron chi connectivity index (χ2n) is 3.20. The summed E-state index contributed by atoms with van der Waals surface area (Å²) in [5.41, 5.74) is 0.990. The molecule has 2 rings (SSSR count). The molecule has 5 heteroatoms. The Kier molecular flexibility index (Phi) is 3.02. The van der Waals surface area contributed by atoms with Gasteiger partial charge >= 0.3 is 0 Å². The molecule has 0 spiro atoms. The van der Waals surface area contributed by atoms with Gasteiger partial charge in [0.25, 0.3) is 5.56 Å². The Labute approximate surface area is 99.5 Å². The molecule has 0 aliphatic carbocycles. The van der Waals surface area contributed by atoms with Crippen molar-refractivity contribution in [2.24, 2.45) is 0 Å². The van der Waals surface area contributed by atoms with Crippen LogP contribution in [0.25, 0.3) is 0 Å². The second-order valence-corrected chi connectivity index (χ2v) is 5.05. The van der Waals surface area contributed by atoms with Crippen molar-refractivity contribution < 1.29 is 0 Å². The Morgan fingerprint density at radius 2 is 2.33 bits per heavy atom. The van der Waals surface area contributed by atoms with Gasteiger partial charge in [-0.1, -0.05) is 0 Å². The minimum Gasteiger partial charge on any atom is -0.308 e. The predicted octanol–water partition coefficient (Wildman–Crippen LogP) is 2.42. The van der Waals surface area contributed by atoms with Crippen LogP contribution in [0.2, 0.25) is 0 Å². The molecule has 0 bridgehead atoms. The molecule has 0 N–H and O–H groups in total. The van der Waals surface area contributed by atoms with Crippen molar-refractivity contribution in [3.63, 3.8) is 0 Å². The van der Waals surface area contributed by atoms with Crippen molar-refractivity contribution in [1.82, 2.24) is 9.55 Å². The van der Waals surface area contributed by atoms with Crippen molar-refractivity contribution >= 4 is 27.3 Å². The van der Waals surface area contributed by atoms with Gasteiger partial charge in [0.2, 0.25) is 0 Å². The highest BCUT2D eigenvalue weighted by Gasteiger charge is 2.02. The first-order valence-electron chi connectivity index (χ1n) is 4.42. The fourth-order valence-corrected chi connectivity index (χ4v) is 2.40. The highest BCUT2D eigenvalue weighted by molar-refractivity contribution is 9.10. The van der Waals surface area contributed by atoms with Gasteiger partial charge in [0.1, 0.15) is 5.01 Å². The number of hydrogen-bond acceptors (Lipinski definition) is 3. The van der Waals surface area contributed by atoms with Crippen LogP contribution < -0.4 is 5.56 Å². The third-order valence-electron chi connectivity index (χ3n) is 1.92. The fraction of sp³-hybridized carbons (Fsp3) is 0.200. The minimum atomic E-state index is -0.00828. The van der Waals surface area contributed by atoms with E-state index in [0.717, 1.165) is 15.2 Å². The lowest BCUT2D eigenvalue weighted by Gasteiger charge is -2.02. The average molecular weight is 285 g/mol. The normalized spacial score (nSPS) is 10.5. The van der Waals surface area contributed by atoms with E-state index < -0.39 is 0 Å². The lowest BCUT2D eigenvalue weighted by Crippen LogP contribution is -2.18. The van der Waals surface area contributed by atoms with E-state index >= 15 is 0 Å². The third kappa shape index (κ3) is 2.54. The molecule has 0 radical (unpaired) electrons. The zero-order valence-electron chi connectivity index (χ0n) is 8.11. The number of nitrogens with zero attached hydrogens (tertiary/aromatic N) is 2. The standard InChI is InChI=1S/C10H9BrN2OS/c1-7-6-15-9(12-7)5-13-4-8(11)2-3-10(13)14/h2-4,6H,5H2,1H3. The van der Waals surface area contributed by atoms with Crippen molar-refractivity contribution in [2.75, 3.05) is 0 Å². The molecule has 2 aromatic rings. The summed E-state index contributed by atoms with van der Waals surface area (Å²) in [6, 6.07) is 3.29. The Morgan fingerprint density at radius 3 is 3.00 bits per heavy atom. The van der Waals surface area contributed by atoms with Gasteiger partial charge in [-0.15, -0.1) is 11.3 Å². The molecule has 0 fully saturated rings. The van der Waals surface area contributed by atoms with E-state index in [4.69, 9.17) is 0 Å². The quantitative estimate of drug-likeness (QED) is 0.849. The van der Waals surface area contributed by atoms with E-state index in [0.29, 0.717) is 6.54 Å². The van der Waals surface area contributed by atoms with Gasteiger partial charge in [0.15, 0.2) is 0 Å². The molecule has 0 aliphatic rings. The van der Waals surface area contributed by atoms with Gasteiger partial charge in [-0.2, -0.15) is 0 Å². The Morgan fingerprint density at radius 1 is 1.53 bits per heavy atom. The van der Waals surface area contributed by atoms with E-state index in [1.807, 2.05) is 12.3 Å². The number of halogens is 1. The summed E-state index contributed by atoms with van der Waals surface area (Å²) in [7, 11) is 0. The zero-order valence-corrected chi connectivity index (χ0v) is 10.5. The first-order valence-corrected chi connectivity index (χ1v) is 6.09. The summed E-state index contributed by atoms with van der Waals surface area (Å²) in [5, 5.41) is 2.94. The molecule has 0 saturated carbocycles. The lowest BCUT2D eigenvalue weighted by molar-refractivity contribution is 0.749. The number of thiazole rings is 1. The molecule has 0 saturated heterocycles. The maximum absolute atomic E-state index is 11.5. The monoisotopic (exact) mass is 284 g/mol. The number of pyridine rings is 1. The van der Waals surface area contributed by atoms with Gasteiger partial charge in [-0.05, 0) is 28.9 Å². The molecule has 0 aromatic carbocycles. The smallest absolute Gasteiger partial charge is 0.250 e. The number of hydrogen-bond donors (Lipinski definition) is 0. The summed E-state index contributed by atoms with van der Waals surface area (Å²) < 4.78 is 2.54. The molecule has 15 heavy (non-hydrogen) atoms. The van der Waals surface area contributed by atoms with Crippen LogP contribution >= 0.6 is 27.3 Å². The molecular weight excluding hydrogens is 276 g/mol. The van der Waals surface area contributed by atoms with E-state index in [1.54, 1.807) is 34.2 Å². The van der Waals surface area contributed by atoms with Crippen molar-refractivity contribution in [3.8, 4) is 0 Å². The summed E-state index contributed by atoms with van der Waals surface area (Å²) in [6.07, 6.45) is 1.78. The summed E-state index contributed by atoms with van der Waals surface area (Å²) in [4.78, 5) is 15.8. The second kappa shape index (κ2) is 4.28. The number of aryl methyl sites for hydroxylation is 1. The van der Waals surface area contributed by atoms with Gasteiger partial charge in [0, 0.05) is 27.8 Å². The van der Waals surface area contributed by atoms with Crippen LogP contribution in [0.15, 0.2) is 33.0 Å². The minimum absolute atomic E-state index is 0.00828. The molecule has 2 heterocycles. The average Bonchev–Trinajstić information content (AvgIpc) is 2.58. The van der Waals surface area contributed by atoms with Gasteiger partial charge in [-0.3, -0.25) is 4.79 Å². The SMILES string of the molecule is Cc1csc(Cn2cc(Br)ccc2=O)n1. The molecule has 78 valence electrons. The Balaban J connectivity index is 2.31. The Bertz CT molecular complexity index is 532. The molecule has 0 amide bonds. The first kappa shape index (κ1) is 10.6. The van der Waals surface area contributed by atoms with E-state index in [9.17, 15) is 4.79 Å². The van der Waals surface area contributed by atoms with Gasteiger partial charge in [-0.25, -0.2) is 4.98 Å². The van der Waals surface area contributed by atoms with Crippen LogP contribution in [0.4, 0.5) is 0 Å². The van der Waals surface area contributed by atoms with Crippen LogP contribution in [-0.2, 0) is 6.54 Å². The lowest BCUT2D eigenvalue weighted by atomic mass is 10.4. The predicted molar refractivity (Wildman–Crippen MR) is 64.4 cm³/mol. The number of aromatic nitrogens is 2. The molecule has 0 aliphatic heterocycles. The highest BCUT2D eigenvalue weighted by Crippen LogP contribution is 2.11. The van der Waals surface area contributed by atoms with Crippen LogP contribution in [-0.4, -0.2) is 9.55 Å². The van der Waals surface area contributed by atoms with Crippen LogP contribution in [0.3, 0.4) is 0 Å². The molecule has 0 atom stereocenters. The van der Waals surface area contributed by atoms with Crippen molar-refractivity contribution in [3.05, 3.63) is 49.2 Å². The van der Waals surface area contributed by atoms with Crippen LogP contribution in [0.5, 0.6) is 0 Å². The topological polar surface area (TPSA) is 34.9 Å². The largest absolute Gasteiger partial charge is 0.308 e. The maximum atomic E-state index is 11.5. The van der Waals surface area contributed by atoms with E-state index in [1.165, 1.54) is 0 Å². The summed E-state index contributed by atoms with van der Waals surface area (Å²) in [6.45, 7) is 2.49. The van der Waals surface area contributed by atoms with E-state index in [-0.39, 0.29) is 5.56 Å². The Hall–Kier alpha value is -0.940. The highest BCUT2D eigenvalue weighted by atomic mass is 79.9.